The highest BCUT2D eigenvalue weighted by atomic mass is 32.2. The van der Waals surface area contributed by atoms with Crippen molar-refractivity contribution in [3.63, 3.8) is 0 Å². The zero-order valence-corrected chi connectivity index (χ0v) is 20.6. The lowest BCUT2D eigenvalue weighted by Gasteiger charge is -2.31. The Labute approximate surface area is 205 Å². The number of aromatic nitrogens is 3. The number of aliphatic hydroxyl groups is 1. The van der Waals surface area contributed by atoms with Crippen LogP contribution in [-0.2, 0) is 15.6 Å². The van der Waals surface area contributed by atoms with Crippen molar-refractivity contribution in [3.05, 3.63) is 47.3 Å². The number of rotatable bonds is 6. The average molecular weight is 528 g/mol. The highest BCUT2D eigenvalue weighted by molar-refractivity contribution is 7.89. The summed E-state index contributed by atoms with van der Waals surface area (Å²) in [7, 11) is -4.65. The summed E-state index contributed by atoms with van der Waals surface area (Å²) in [6, 6.07) is 3.90. The fourth-order valence-electron chi connectivity index (χ4n) is 4.25. The van der Waals surface area contributed by atoms with E-state index in [0.29, 0.717) is 16.6 Å². The minimum absolute atomic E-state index is 0.0202. The van der Waals surface area contributed by atoms with Crippen molar-refractivity contribution in [1.29, 1.82) is 0 Å². The van der Waals surface area contributed by atoms with Crippen LogP contribution in [0.4, 0.5) is 23.5 Å². The maximum absolute atomic E-state index is 15.0. The minimum atomic E-state index is -4.65. The van der Waals surface area contributed by atoms with E-state index in [1.54, 1.807) is 26.8 Å². The second-order valence-electron chi connectivity index (χ2n) is 9.24. The first-order valence-corrected chi connectivity index (χ1v) is 12.7. The summed E-state index contributed by atoms with van der Waals surface area (Å²) >= 11 is 0. The van der Waals surface area contributed by atoms with Crippen LogP contribution in [-0.4, -0.2) is 57.7 Å². The first-order chi connectivity index (χ1) is 16.8. The first-order valence-electron chi connectivity index (χ1n) is 11.2. The molecule has 0 unspecified atom stereocenters. The van der Waals surface area contributed by atoms with Gasteiger partial charge in [0.25, 0.3) is 10.0 Å². The summed E-state index contributed by atoms with van der Waals surface area (Å²) in [5, 5.41) is 13.9. The number of piperidine rings is 1. The SMILES string of the molecule is Cc1cc(C(C)(C)O)c2cc(-c3nc(NC4CCN(S(=O)(=O)C(F)F)CC4)ncc3F)cc(F)c2n1. The summed E-state index contributed by atoms with van der Waals surface area (Å²) in [5.41, 5.74) is -0.428. The highest BCUT2D eigenvalue weighted by Gasteiger charge is 2.35. The molecule has 4 rings (SSSR count). The van der Waals surface area contributed by atoms with E-state index < -0.39 is 33.0 Å². The van der Waals surface area contributed by atoms with Crippen LogP contribution in [0.15, 0.2) is 24.4 Å². The number of sulfonamides is 1. The molecule has 0 saturated carbocycles. The Morgan fingerprint density at radius 3 is 2.39 bits per heavy atom. The van der Waals surface area contributed by atoms with Gasteiger partial charge < -0.3 is 10.4 Å². The van der Waals surface area contributed by atoms with Crippen molar-refractivity contribution in [2.75, 3.05) is 18.4 Å². The summed E-state index contributed by atoms with van der Waals surface area (Å²) in [5.74, 6) is -4.98. The smallest absolute Gasteiger partial charge is 0.350 e. The van der Waals surface area contributed by atoms with E-state index in [9.17, 15) is 26.7 Å². The molecular formula is C23H25F4N5O3S. The predicted molar refractivity (Wildman–Crippen MR) is 126 cm³/mol. The van der Waals surface area contributed by atoms with Gasteiger partial charge in [0, 0.05) is 35.8 Å². The Kier molecular flexibility index (Phi) is 6.92. The zero-order valence-electron chi connectivity index (χ0n) is 19.8. The molecule has 0 spiro atoms. The lowest BCUT2D eigenvalue weighted by atomic mass is 9.92. The van der Waals surface area contributed by atoms with Crippen LogP contribution < -0.4 is 5.32 Å². The summed E-state index contributed by atoms with van der Waals surface area (Å²) in [6.45, 7) is 4.56. The van der Waals surface area contributed by atoms with Crippen molar-refractivity contribution < 1.29 is 31.1 Å². The van der Waals surface area contributed by atoms with Gasteiger partial charge in [-0.3, -0.25) is 4.98 Å². The molecule has 1 aromatic carbocycles. The van der Waals surface area contributed by atoms with Crippen LogP contribution in [0.1, 0.15) is 37.9 Å². The van der Waals surface area contributed by atoms with Crippen molar-refractivity contribution in [2.24, 2.45) is 0 Å². The standard InChI is InChI=1S/C23H25F4N5O3S/c1-12-8-16(23(2,3)33)15-9-13(10-17(24)20(15)29-12)19-18(25)11-28-22(31-19)30-14-4-6-32(7-5-14)36(34,35)21(26)27/h8-11,14,21,33H,4-7H2,1-3H3,(H,28,30,31). The zero-order chi connectivity index (χ0) is 26.4. The number of benzene rings is 1. The summed E-state index contributed by atoms with van der Waals surface area (Å²) in [6.07, 6.45) is 1.35. The van der Waals surface area contributed by atoms with Gasteiger partial charge in [0.05, 0.1) is 11.8 Å². The fraction of sp³-hybridized carbons (Fsp3) is 0.435. The number of halogens is 4. The molecule has 2 aromatic heterocycles. The number of aryl methyl sites for hydroxylation is 1. The molecule has 1 aliphatic rings. The van der Waals surface area contributed by atoms with E-state index in [1.807, 2.05) is 0 Å². The molecule has 0 radical (unpaired) electrons. The average Bonchev–Trinajstić information content (AvgIpc) is 2.80. The number of nitrogens with one attached hydrogen (secondary N) is 1. The molecule has 1 fully saturated rings. The maximum atomic E-state index is 15.0. The Morgan fingerprint density at radius 2 is 1.78 bits per heavy atom. The monoisotopic (exact) mass is 527 g/mol. The van der Waals surface area contributed by atoms with E-state index in [2.05, 4.69) is 20.3 Å². The first kappa shape index (κ1) is 26.2. The Morgan fingerprint density at radius 1 is 1.11 bits per heavy atom. The molecule has 0 aliphatic carbocycles. The van der Waals surface area contributed by atoms with Gasteiger partial charge in [-0.25, -0.2) is 27.2 Å². The largest absolute Gasteiger partial charge is 0.386 e. The van der Waals surface area contributed by atoms with E-state index in [4.69, 9.17) is 0 Å². The molecule has 3 heterocycles. The van der Waals surface area contributed by atoms with Gasteiger partial charge in [-0.15, -0.1) is 0 Å². The molecule has 13 heteroatoms. The van der Waals surface area contributed by atoms with Gasteiger partial charge in [0.2, 0.25) is 5.95 Å². The number of hydrogen-bond donors (Lipinski definition) is 2. The second kappa shape index (κ2) is 9.52. The predicted octanol–water partition coefficient (Wildman–Crippen LogP) is 3.93. The third-order valence-corrected chi connectivity index (χ3v) is 7.58. The minimum Gasteiger partial charge on any atom is -0.386 e. The summed E-state index contributed by atoms with van der Waals surface area (Å²) in [4.78, 5) is 12.3. The van der Waals surface area contributed by atoms with Gasteiger partial charge in [-0.1, -0.05) is 0 Å². The van der Waals surface area contributed by atoms with Crippen molar-refractivity contribution in [3.8, 4) is 11.3 Å². The third-order valence-electron chi connectivity index (χ3n) is 6.04. The Balaban J connectivity index is 1.63. The Bertz CT molecular complexity index is 1410. The van der Waals surface area contributed by atoms with Crippen LogP contribution in [0, 0.1) is 18.6 Å². The number of hydrogen-bond acceptors (Lipinski definition) is 7. The highest BCUT2D eigenvalue weighted by Crippen LogP contribution is 2.34. The second-order valence-corrected chi connectivity index (χ2v) is 11.1. The number of alkyl halides is 2. The fourth-order valence-corrected chi connectivity index (χ4v) is 5.19. The van der Waals surface area contributed by atoms with Crippen LogP contribution in [0.25, 0.3) is 22.2 Å². The van der Waals surface area contributed by atoms with Crippen LogP contribution in [0.2, 0.25) is 0 Å². The molecule has 0 atom stereocenters. The normalized spacial score (nSPS) is 16.1. The summed E-state index contributed by atoms with van der Waals surface area (Å²) < 4.78 is 79.4. The van der Waals surface area contributed by atoms with E-state index in [1.165, 1.54) is 6.07 Å². The van der Waals surface area contributed by atoms with Gasteiger partial charge in [0.15, 0.2) is 5.82 Å². The van der Waals surface area contributed by atoms with Gasteiger partial charge in [-0.2, -0.15) is 13.1 Å². The molecular weight excluding hydrogens is 502 g/mol. The number of nitrogens with zero attached hydrogens (tertiary/aromatic N) is 4. The van der Waals surface area contributed by atoms with Gasteiger partial charge in [0.1, 0.15) is 17.0 Å². The van der Waals surface area contributed by atoms with Crippen molar-refractivity contribution >= 4 is 26.9 Å². The molecule has 1 saturated heterocycles. The molecule has 0 bridgehead atoms. The van der Waals surface area contributed by atoms with Crippen LogP contribution in [0.5, 0.6) is 0 Å². The van der Waals surface area contributed by atoms with Gasteiger partial charge >= 0.3 is 5.76 Å². The molecule has 3 aromatic rings. The van der Waals surface area contributed by atoms with Crippen molar-refractivity contribution in [1.82, 2.24) is 19.3 Å². The Hall–Kier alpha value is -2.90. The van der Waals surface area contributed by atoms with Gasteiger partial charge in [-0.05, 0) is 57.4 Å². The topological polar surface area (TPSA) is 108 Å². The lowest BCUT2D eigenvalue weighted by Crippen LogP contribution is -2.44. The number of anilines is 1. The quantitative estimate of drug-likeness (QED) is 0.468. The number of pyridine rings is 1. The van der Waals surface area contributed by atoms with E-state index in [-0.39, 0.29) is 54.7 Å². The van der Waals surface area contributed by atoms with Crippen LogP contribution >= 0.6 is 0 Å². The lowest BCUT2D eigenvalue weighted by molar-refractivity contribution is 0.0800. The van der Waals surface area contributed by atoms with Crippen LogP contribution in [0.3, 0.4) is 0 Å². The molecule has 0 amide bonds. The third kappa shape index (κ3) is 5.13. The molecule has 1 aliphatic heterocycles. The molecule has 36 heavy (non-hydrogen) atoms. The molecule has 194 valence electrons. The van der Waals surface area contributed by atoms with Crippen molar-refractivity contribution in [2.45, 2.75) is 51.0 Å². The van der Waals surface area contributed by atoms with E-state index in [0.717, 1.165) is 16.6 Å². The molecule has 8 nitrogen and oxygen atoms in total. The van der Waals surface area contributed by atoms with E-state index >= 15 is 4.39 Å². The molecule has 2 N–H and O–H groups in total. The maximum Gasteiger partial charge on any atom is 0.350 e. The number of fused-ring (bicyclic) bond motifs is 1.